The predicted molar refractivity (Wildman–Crippen MR) is 85.9 cm³/mol. The van der Waals surface area contributed by atoms with Gasteiger partial charge in [-0.15, -0.1) is 11.3 Å². The van der Waals surface area contributed by atoms with E-state index in [9.17, 15) is 4.79 Å². The Morgan fingerprint density at radius 1 is 1.32 bits per heavy atom. The molecule has 22 heavy (non-hydrogen) atoms. The summed E-state index contributed by atoms with van der Waals surface area (Å²) in [5.41, 5.74) is 2.91. The zero-order chi connectivity index (χ0) is 14.9. The molecule has 2 aliphatic rings. The molecule has 6 heteroatoms. The Bertz CT molecular complexity index is 658. The van der Waals surface area contributed by atoms with Gasteiger partial charge in [0.25, 0.3) is 5.91 Å². The second kappa shape index (κ2) is 5.85. The summed E-state index contributed by atoms with van der Waals surface area (Å²) in [6.07, 6.45) is 3.14. The number of nitrogens with one attached hydrogen (secondary N) is 1. The third-order valence-corrected chi connectivity index (χ3v) is 5.43. The minimum absolute atomic E-state index is 0.113. The fourth-order valence-corrected chi connectivity index (χ4v) is 4.12. The van der Waals surface area contributed by atoms with Crippen molar-refractivity contribution in [2.24, 2.45) is 0 Å². The minimum Gasteiger partial charge on any atom is -0.337 e. The van der Waals surface area contributed by atoms with Crippen molar-refractivity contribution in [3.63, 3.8) is 0 Å². The first-order chi connectivity index (χ1) is 10.8. The van der Waals surface area contributed by atoms with Crippen LogP contribution in [0.15, 0.2) is 17.5 Å². The van der Waals surface area contributed by atoms with Gasteiger partial charge in [-0.25, -0.2) is 0 Å². The van der Waals surface area contributed by atoms with Crippen molar-refractivity contribution in [2.75, 3.05) is 19.6 Å². The number of nitrogens with zero attached hydrogens (tertiary/aromatic N) is 3. The largest absolute Gasteiger partial charge is 0.337 e. The number of rotatable bonds is 3. The van der Waals surface area contributed by atoms with E-state index in [1.165, 1.54) is 4.88 Å². The minimum atomic E-state index is 0.113. The van der Waals surface area contributed by atoms with Crippen LogP contribution in [0.5, 0.6) is 0 Å². The number of hydrogen-bond donors (Lipinski definition) is 1. The topological polar surface area (TPSA) is 52.2 Å². The van der Waals surface area contributed by atoms with Crippen molar-refractivity contribution in [1.82, 2.24) is 20.0 Å². The molecule has 1 N–H and O–H groups in total. The summed E-state index contributed by atoms with van der Waals surface area (Å²) in [7, 11) is 0. The maximum Gasteiger partial charge on any atom is 0.274 e. The lowest BCUT2D eigenvalue weighted by Gasteiger charge is -2.26. The van der Waals surface area contributed by atoms with Crippen LogP contribution >= 0.6 is 11.3 Å². The molecule has 2 aromatic heterocycles. The first-order valence-corrected chi connectivity index (χ1v) is 8.79. The van der Waals surface area contributed by atoms with Crippen LogP contribution in [0.4, 0.5) is 0 Å². The highest BCUT2D eigenvalue weighted by atomic mass is 32.1. The molecule has 116 valence electrons. The van der Waals surface area contributed by atoms with E-state index in [1.807, 2.05) is 4.90 Å². The highest BCUT2D eigenvalue weighted by Crippen LogP contribution is 2.24. The molecule has 0 spiro atoms. The zero-order valence-corrected chi connectivity index (χ0v) is 13.4. The van der Waals surface area contributed by atoms with Crippen LogP contribution in [0.2, 0.25) is 0 Å². The molecule has 1 amide bonds. The van der Waals surface area contributed by atoms with E-state index in [0.717, 1.165) is 63.2 Å². The van der Waals surface area contributed by atoms with Crippen molar-refractivity contribution < 1.29 is 4.79 Å². The van der Waals surface area contributed by atoms with E-state index in [2.05, 4.69) is 32.6 Å². The number of carbonyl (C=O) groups is 1. The third kappa shape index (κ3) is 2.57. The van der Waals surface area contributed by atoms with Gasteiger partial charge in [-0.3, -0.25) is 14.8 Å². The van der Waals surface area contributed by atoms with Crippen LogP contribution in [-0.2, 0) is 19.5 Å². The summed E-state index contributed by atoms with van der Waals surface area (Å²) < 4.78 is 0. The number of carbonyl (C=O) groups excluding carboxylic acids is 1. The molecule has 1 fully saturated rings. The molecule has 4 rings (SSSR count). The second-order valence-electron chi connectivity index (χ2n) is 6.07. The first kappa shape index (κ1) is 14.0. The van der Waals surface area contributed by atoms with E-state index < -0.39 is 0 Å². The summed E-state index contributed by atoms with van der Waals surface area (Å²) in [5.74, 6) is 0.113. The molecule has 0 aromatic carbocycles. The van der Waals surface area contributed by atoms with Gasteiger partial charge in [-0.1, -0.05) is 6.07 Å². The maximum atomic E-state index is 12.5. The Morgan fingerprint density at radius 2 is 2.18 bits per heavy atom. The maximum absolute atomic E-state index is 12.5. The number of hydrogen-bond acceptors (Lipinski definition) is 4. The molecule has 0 saturated carbocycles. The molecule has 0 aliphatic carbocycles. The Kier molecular flexibility index (Phi) is 3.72. The quantitative estimate of drug-likeness (QED) is 0.945. The van der Waals surface area contributed by atoms with Gasteiger partial charge < -0.3 is 4.90 Å². The Hall–Kier alpha value is -1.66. The third-order valence-electron chi connectivity index (χ3n) is 4.57. The van der Waals surface area contributed by atoms with Gasteiger partial charge in [-0.2, -0.15) is 5.10 Å². The van der Waals surface area contributed by atoms with Crippen molar-refractivity contribution >= 4 is 17.2 Å². The highest BCUT2D eigenvalue weighted by molar-refractivity contribution is 7.09. The van der Waals surface area contributed by atoms with Crippen LogP contribution in [-0.4, -0.2) is 45.5 Å². The molecule has 4 heterocycles. The number of thiophene rings is 1. The van der Waals surface area contributed by atoms with Gasteiger partial charge in [0.1, 0.15) is 0 Å². The van der Waals surface area contributed by atoms with Crippen LogP contribution in [0, 0.1) is 0 Å². The first-order valence-electron chi connectivity index (χ1n) is 7.91. The number of likely N-dealkylation sites (tertiary alicyclic amines) is 1. The molecule has 1 saturated heterocycles. The van der Waals surface area contributed by atoms with Crippen LogP contribution < -0.4 is 0 Å². The van der Waals surface area contributed by atoms with Crippen LogP contribution in [0.1, 0.15) is 39.5 Å². The molecular weight excluding hydrogens is 296 g/mol. The van der Waals surface area contributed by atoms with Gasteiger partial charge in [0, 0.05) is 43.2 Å². The molecule has 0 unspecified atom stereocenters. The van der Waals surface area contributed by atoms with Crippen LogP contribution in [0.3, 0.4) is 0 Å². The number of fused-ring (bicyclic) bond motifs is 1. The highest BCUT2D eigenvalue weighted by Gasteiger charge is 2.28. The van der Waals surface area contributed by atoms with Crippen molar-refractivity contribution in [1.29, 1.82) is 0 Å². The van der Waals surface area contributed by atoms with Crippen LogP contribution in [0.25, 0.3) is 0 Å². The number of H-pyrrole nitrogens is 1. The fraction of sp³-hybridized carbons (Fsp3) is 0.500. The van der Waals surface area contributed by atoms with E-state index in [0.29, 0.717) is 5.69 Å². The average Bonchev–Trinajstić information content (AvgIpc) is 3.28. The van der Waals surface area contributed by atoms with E-state index in [1.54, 1.807) is 11.3 Å². The lowest BCUT2D eigenvalue weighted by atomic mass is 10.0. The summed E-state index contributed by atoms with van der Waals surface area (Å²) in [6.45, 7) is 4.58. The van der Waals surface area contributed by atoms with Crippen molar-refractivity contribution in [2.45, 2.75) is 32.4 Å². The van der Waals surface area contributed by atoms with E-state index >= 15 is 0 Å². The summed E-state index contributed by atoms with van der Waals surface area (Å²) in [6, 6.07) is 4.27. The van der Waals surface area contributed by atoms with Gasteiger partial charge in [0.15, 0.2) is 5.69 Å². The fourth-order valence-electron chi connectivity index (χ4n) is 3.38. The van der Waals surface area contributed by atoms with Crippen molar-refractivity contribution in [3.05, 3.63) is 39.3 Å². The molecule has 0 radical (unpaired) electrons. The predicted octanol–water partition coefficient (Wildman–Crippen LogP) is 2.27. The summed E-state index contributed by atoms with van der Waals surface area (Å²) in [5, 5.41) is 9.56. The molecule has 5 nitrogen and oxygen atoms in total. The van der Waals surface area contributed by atoms with Gasteiger partial charge in [-0.05, 0) is 30.7 Å². The Labute approximate surface area is 133 Å². The molecule has 2 aliphatic heterocycles. The number of aromatic amines is 1. The zero-order valence-electron chi connectivity index (χ0n) is 12.5. The Morgan fingerprint density at radius 3 is 2.95 bits per heavy atom. The molecule has 0 atom stereocenters. The lowest BCUT2D eigenvalue weighted by Crippen LogP contribution is -2.32. The lowest BCUT2D eigenvalue weighted by molar-refractivity contribution is 0.0785. The summed E-state index contributed by atoms with van der Waals surface area (Å²) in [4.78, 5) is 18.3. The molecular formula is C16H20N4OS. The average molecular weight is 316 g/mol. The summed E-state index contributed by atoms with van der Waals surface area (Å²) >= 11 is 1.80. The van der Waals surface area contributed by atoms with Gasteiger partial charge >= 0.3 is 0 Å². The second-order valence-corrected chi connectivity index (χ2v) is 7.10. The molecule has 2 aromatic rings. The van der Waals surface area contributed by atoms with Gasteiger partial charge in [0.05, 0.1) is 5.69 Å². The normalized spacial score (nSPS) is 18.6. The Balaban J connectivity index is 1.48. The van der Waals surface area contributed by atoms with Crippen molar-refractivity contribution in [3.8, 4) is 0 Å². The monoisotopic (exact) mass is 316 g/mol. The standard InChI is InChI=1S/C16H20N4OS/c21-16(20-6-1-2-7-20)15-13-5-8-19(11-14(13)17-18-15)10-12-4-3-9-22-12/h3-4,9H,1-2,5-8,10-11H2,(H,17,18). The number of aromatic nitrogens is 2. The smallest absolute Gasteiger partial charge is 0.274 e. The van der Waals surface area contributed by atoms with E-state index in [4.69, 9.17) is 0 Å². The SMILES string of the molecule is O=C(c1n[nH]c2c1CCN(Cc1cccs1)C2)N1CCCC1. The van der Waals surface area contributed by atoms with E-state index in [-0.39, 0.29) is 5.91 Å². The molecule has 0 bridgehead atoms. The van der Waals surface area contributed by atoms with Gasteiger partial charge in [0.2, 0.25) is 0 Å². The number of amides is 1.